The zero-order valence-corrected chi connectivity index (χ0v) is 15.5. The van der Waals surface area contributed by atoms with E-state index in [1.165, 1.54) is 0 Å². The van der Waals surface area contributed by atoms with Crippen LogP contribution in [0.4, 0.5) is 11.4 Å². The molecule has 1 unspecified atom stereocenters. The molecular weight excluding hydrogens is 324 g/mol. The predicted molar refractivity (Wildman–Crippen MR) is 105 cm³/mol. The summed E-state index contributed by atoms with van der Waals surface area (Å²) in [7, 11) is 0. The van der Waals surface area contributed by atoms with Gasteiger partial charge < -0.3 is 9.80 Å². The Morgan fingerprint density at radius 2 is 1.81 bits per heavy atom. The molecule has 1 atom stereocenters. The number of carbonyl (C=O) groups is 2. The van der Waals surface area contributed by atoms with Gasteiger partial charge in [0.15, 0.2) is 0 Å². The van der Waals surface area contributed by atoms with Crippen molar-refractivity contribution in [3.8, 4) is 0 Å². The Balaban J connectivity index is 1.77. The van der Waals surface area contributed by atoms with Gasteiger partial charge in [-0.05, 0) is 37.6 Å². The van der Waals surface area contributed by atoms with Gasteiger partial charge in [0.05, 0.1) is 5.92 Å². The van der Waals surface area contributed by atoms with Crippen molar-refractivity contribution in [3.63, 3.8) is 0 Å². The van der Waals surface area contributed by atoms with Crippen LogP contribution in [0, 0.1) is 12.8 Å². The Morgan fingerprint density at radius 3 is 2.46 bits per heavy atom. The fourth-order valence-electron chi connectivity index (χ4n) is 3.36. The van der Waals surface area contributed by atoms with Gasteiger partial charge in [-0.1, -0.05) is 49.2 Å². The van der Waals surface area contributed by atoms with Crippen molar-refractivity contribution in [2.45, 2.75) is 33.1 Å². The number of benzene rings is 2. The minimum absolute atomic E-state index is 0.0238. The smallest absolute Gasteiger partial charge is 0.232 e. The lowest BCUT2D eigenvalue weighted by atomic mass is 10.1. The van der Waals surface area contributed by atoms with Crippen LogP contribution in [0.15, 0.2) is 54.6 Å². The summed E-state index contributed by atoms with van der Waals surface area (Å²) in [4.78, 5) is 29.3. The highest BCUT2D eigenvalue weighted by Crippen LogP contribution is 2.28. The number of rotatable bonds is 6. The van der Waals surface area contributed by atoms with E-state index >= 15 is 0 Å². The molecule has 0 aromatic heterocycles. The standard InChI is InChI=1S/C22H26N2O2/c1-3-4-14-23(19-8-6-5-7-9-19)22(26)18-15-21(25)24(16-18)20-12-10-17(2)11-13-20/h5-13,18H,3-4,14-16H2,1-2H3. The van der Waals surface area contributed by atoms with E-state index in [2.05, 4.69) is 6.92 Å². The molecule has 1 saturated heterocycles. The van der Waals surface area contributed by atoms with E-state index in [1.807, 2.05) is 66.4 Å². The number of carbonyl (C=O) groups excluding carboxylic acids is 2. The predicted octanol–water partition coefficient (Wildman–Crippen LogP) is 4.18. The van der Waals surface area contributed by atoms with Crippen molar-refractivity contribution >= 4 is 23.2 Å². The number of amides is 2. The third-order valence-electron chi connectivity index (χ3n) is 4.89. The van der Waals surface area contributed by atoms with Crippen molar-refractivity contribution in [1.82, 2.24) is 0 Å². The molecule has 0 bridgehead atoms. The first-order valence-electron chi connectivity index (χ1n) is 9.33. The van der Waals surface area contributed by atoms with Gasteiger partial charge in [0.2, 0.25) is 11.8 Å². The number of unbranched alkanes of at least 4 members (excludes halogenated alkanes) is 1. The fraction of sp³-hybridized carbons (Fsp3) is 0.364. The highest BCUT2D eigenvalue weighted by molar-refractivity contribution is 6.04. The van der Waals surface area contributed by atoms with Gasteiger partial charge in [0.25, 0.3) is 0 Å². The van der Waals surface area contributed by atoms with E-state index in [1.54, 1.807) is 4.90 Å². The Labute approximate surface area is 155 Å². The normalized spacial score (nSPS) is 16.8. The second-order valence-electron chi connectivity index (χ2n) is 6.92. The molecular formula is C22H26N2O2. The molecule has 0 N–H and O–H groups in total. The van der Waals surface area contributed by atoms with Crippen LogP contribution in [-0.4, -0.2) is 24.9 Å². The van der Waals surface area contributed by atoms with E-state index in [-0.39, 0.29) is 24.2 Å². The molecule has 136 valence electrons. The van der Waals surface area contributed by atoms with Crippen LogP contribution in [0.2, 0.25) is 0 Å². The fourth-order valence-corrected chi connectivity index (χ4v) is 3.36. The third-order valence-corrected chi connectivity index (χ3v) is 4.89. The molecule has 2 amide bonds. The van der Waals surface area contributed by atoms with Crippen molar-refractivity contribution < 1.29 is 9.59 Å². The maximum atomic E-state index is 13.2. The molecule has 1 aliphatic heterocycles. The second kappa shape index (κ2) is 8.17. The highest BCUT2D eigenvalue weighted by atomic mass is 16.2. The molecule has 0 spiro atoms. The van der Waals surface area contributed by atoms with Crippen LogP contribution in [0.5, 0.6) is 0 Å². The lowest BCUT2D eigenvalue weighted by Gasteiger charge is -2.26. The summed E-state index contributed by atoms with van der Waals surface area (Å²) >= 11 is 0. The Morgan fingerprint density at radius 1 is 1.12 bits per heavy atom. The average molecular weight is 350 g/mol. The summed E-state index contributed by atoms with van der Waals surface area (Å²) in [5.74, 6) is -0.218. The summed E-state index contributed by atoms with van der Waals surface area (Å²) < 4.78 is 0. The molecule has 2 aromatic rings. The molecule has 1 aliphatic rings. The van der Waals surface area contributed by atoms with Crippen molar-refractivity contribution in [2.24, 2.45) is 5.92 Å². The number of nitrogens with zero attached hydrogens (tertiary/aromatic N) is 2. The maximum Gasteiger partial charge on any atom is 0.232 e. The van der Waals surface area contributed by atoms with Crippen molar-refractivity contribution in [3.05, 3.63) is 60.2 Å². The Bertz CT molecular complexity index is 755. The second-order valence-corrected chi connectivity index (χ2v) is 6.92. The quantitative estimate of drug-likeness (QED) is 0.784. The highest BCUT2D eigenvalue weighted by Gasteiger charge is 2.37. The SMILES string of the molecule is CCCCN(C(=O)C1CC(=O)N(c2ccc(C)cc2)C1)c1ccccc1. The topological polar surface area (TPSA) is 40.6 Å². The zero-order chi connectivity index (χ0) is 18.5. The van der Waals surface area contributed by atoms with Gasteiger partial charge in [0.1, 0.15) is 0 Å². The number of para-hydroxylation sites is 1. The largest absolute Gasteiger partial charge is 0.312 e. The van der Waals surface area contributed by atoms with Gasteiger partial charge in [-0.3, -0.25) is 9.59 Å². The average Bonchev–Trinajstić information content (AvgIpc) is 3.05. The van der Waals surface area contributed by atoms with Crippen molar-refractivity contribution in [1.29, 1.82) is 0 Å². The van der Waals surface area contributed by atoms with Crippen LogP contribution in [0.1, 0.15) is 31.7 Å². The summed E-state index contributed by atoms with van der Waals surface area (Å²) in [6.45, 7) is 5.28. The van der Waals surface area contributed by atoms with E-state index in [0.29, 0.717) is 13.1 Å². The van der Waals surface area contributed by atoms with Crippen LogP contribution < -0.4 is 9.80 Å². The summed E-state index contributed by atoms with van der Waals surface area (Å²) in [5.41, 5.74) is 2.94. The van der Waals surface area contributed by atoms with Crippen LogP contribution in [-0.2, 0) is 9.59 Å². The first kappa shape index (κ1) is 18.2. The lowest BCUT2D eigenvalue weighted by Crippen LogP contribution is -2.38. The van der Waals surface area contributed by atoms with Crippen LogP contribution in [0.3, 0.4) is 0 Å². The Kier molecular flexibility index (Phi) is 5.71. The molecule has 1 fully saturated rings. The van der Waals surface area contributed by atoms with Gasteiger partial charge in [0, 0.05) is 30.9 Å². The monoisotopic (exact) mass is 350 g/mol. The van der Waals surface area contributed by atoms with Gasteiger partial charge in [-0.15, -0.1) is 0 Å². The van der Waals surface area contributed by atoms with Gasteiger partial charge in [-0.25, -0.2) is 0 Å². The summed E-state index contributed by atoms with van der Waals surface area (Å²) in [5, 5.41) is 0. The third kappa shape index (κ3) is 3.96. The zero-order valence-electron chi connectivity index (χ0n) is 15.5. The van der Waals surface area contributed by atoms with E-state index in [4.69, 9.17) is 0 Å². The number of aryl methyl sites for hydroxylation is 1. The molecule has 26 heavy (non-hydrogen) atoms. The molecule has 0 aliphatic carbocycles. The first-order valence-corrected chi connectivity index (χ1v) is 9.33. The molecule has 3 rings (SSSR count). The van der Waals surface area contributed by atoms with Gasteiger partial charge in [-0.2, -0.15) is 0 Å². The molecule has 2 aromatic carbocycles. The van der Waals surface area contributed by atoms with E-state index in [9.17, 15) is 9.59 Å². The number of anilines is 2. The molecule has 0 saturated carbocycles. The van der Waals surface area contributed by atoms with Crippen LogP contribution >= 0.6 is 0 Å². The molecule has 1 heterocycles. The van der Waals surface area contributed by atoms with E-state index in [0.717, 1.165) is 29.8 Å². The maximum absolute atomic E-state index is 13.2. The molecule has 0 radical (unpaired) electrons. The minimum atomic E-state index is -0.291. The van der Waals surface area contributed by atoms with Crippen molar-refractivity contribution in [2.75, 3.05) is 22.9 Å². The van der Waals surface area contributed by atoms with E-state index < -0.39 is 0 Å². The van der Waals surface area contributed by atoms with Gasteiger partial charge >= 0.3 is 0 Å². The minimum Gasteiger partial charge on any atom is -0.312 e. The molecule has 4 heteroatoms. The first-order chi connectivity index (χ1) is 12.6. The Hall–Kier alpha value is -2.62. The summed E-state index contributed by atoms with van der Waals surface area (Å²) in [6, 6.07) is 17.6. The van der Waals surface area contributed by atoms with Crippen LogP contribution in [0.25, 0.3) is 0 Å². The number of hydrogen-bond donors (Lipinski definition) is 0. The summed E-state index contributed by atoms with van der Waals surface area (Å²) in [6.07, 6.45) is 2.25. The molecule has 4 nitrogen and oxygen atoms in total. The lowest BCUT2D eigenvalue weighted by molar-refractivity contribution is -0.124. The number of hydrogen-bond acceptors (Lipinski definition) is 2.